The number of thiophene rings is 1. The second kappa shape index (κ2) is 7.04. The molecule has 1 aromatic heterocycles. The molecule has 1 heterocycles. The van der Waals surface area contributed by atoms with Crippen molar-refractivity contribution in [1.29, 1.82) is 0 Å². The minimum Gasteiger partial charge on any atom is -0.350 e. The molecule has 0 saturated heterocycles. The summed E-state index contributed by atoms with van der Waals surface area (Å²) in [5.74, 6) is -0.0613. The van der Waals surface area contributed by atoms with E-state index in [9.17, 15) is 4.79 Å². The summed E-state index contributed by atoms with van der Waals surface area (Å²) >= 11 is 5.04. The molecule has 0 fully saturated rings. The van der Waals surface area contributed by atoms with Gasteiger partial charge in [0.1, 0.15) is 0 Å². The van der Waals surface area contributed by atoms with Crippen molar-refractivity contribution < 1.29 is 4.79 Å². The third kappa shape index (κ3) is 4.23. The van der Waals surface area contributed by atoms with Crippen LogP contribution in [0, 0.1) is 0 Å². The van der Waals surface area contributed by atoms with Gasteiger partial charge in [0.05, 0.1) is 12.6 Å². The summed E-state index contributed by atoms with van der Waals surface area (Å²) in [5, 5.41) is 4.84. The molecular formula is C11H17BrN2OS. The molecule has 5 heteroatoms. The number of carbonyl (C=O) groups excluding carboxylic acids is 1. The van der Waals surface area contributed by atoms with E-state index < -0.39 is 0 Å². The van der Waals surface area contributed by atoms with Crippen LogP contribution in [0.25, 0.3) is 0 Å². The van der Waals surface area contributed by atoms with Crippen LogP contribution in [0.2, 0.25) is 0 Å². The zero-order valence-corrected chi connectivity index (χ0v) is 11.7. The Balaban J connectivity index is 2.32. The predicted molar refractivity (Wildman–Crippen MR) is 71.4 cm³/mol. The lowest BCUT2D eigenvalue weighted by molar-refractivity contribution is -0.122. The van der Waals surface area contributed by atoms with Crippen molar-refractivity contribution in [2.75, 3.05) is 0 Å². The lowest BCUT2D eigenvalue weighted by Crippen LogP contribution is -2.40. The topological polar surface area (TPSA) is 55.1 Å². The molecular weight excluding hydrogens is 288 g/mol. The van der Waals surface area contributed by atoms with Crippen LogP contribution in [-0.4, -0.2) is 11.9 Å². The van der Waals surface area contributed by atoms with Crippen molar-refractivity contribution in [2.45, 2.75) is 38.8 Å². The highest BCUT2D eigenvalue weighted by atomic mass is 79.9. The van der Waals surface area contributed by atoms with Gasteiger partial charge >= 0.3 is 0 Å². The van der Waals surface area contributed by atoms with Gasteiger partial charge in [0.25, 0.3) is 0 Å². The number of carbonyl (C=O) groups is 1. The molecule has 1 unspecified atom stereocenters. The summed E-state index contributed by atoms with van der Waals surface area (Å²) in [4.78, 5) is 12.7. The number of halogens is 1. The maximum absolute atomic E-state index is 11.6. The van der Waals surface area contributed by atoms with Gasteiger partial charge in [-0.25, -0.2) is 0 Å². The highest BCUT2D eigenvalue weighted by Crippen LogP contribution is 2.22. The summed E-state index contributed by atoms with van der Waals surface area (Å²) in [7, 11) is 0. The number of nitrogens with one attached hydrogen (secondary N) is 1. The van der Waals surface area contributed by atoms with Crippen molar-refractivity contribution in [1.82, 2.24) is 5.32 Å². The zero-order chi connectivity index (χ0) is 12.0. The van der Waals surface area contributed by atoms with Crippen LogP contribution in [0.4, 0.5) is 0 Å². The van der Waals surface area contributed by atoms with E-state index in [4.69, 9.17) is 5.73 Å². The average molecular weight is 305 g/mol. The molecule has 16 heavy (non-hydrogen) atoms. The first kappa shape index (κ1) is 13.7. The molecule has 0 aliphatic heterocycles. The molecule has 0 radical (unpaired) electrons. The summed E-state index contributed by atoms with van der Waals surface area (Å²) in [5.41, 5.74) is 5.76. The summed E-state index contributed by atoms with van der Waals surface area (Å²) in [6, 6.07) is 1.60. The first-order valence-corrected chi connectivity index (χ1v) is 7.07. The number of unbranched alkanes of at least 4 members (excludes halogenated alkanes) is 1. The van der Waals surface area contributed by atoms with E-state index in [1.54, 1.807) is 11.3 Å². The van der Waals surface area contributed by atoms with Crippen LogP contribution in [0.15, 0.2) is 15.9 Å². The Bertz CT molecular complexity index is 340. The van der Waals surface area contributed by atoms with E-state index in [0.29, 0.717) is 6.54 Å². The largest absolute Gasteiger partial charge is 0.350 e. The maximum atomic E-state index is 11.6. The standard InChI is InChI=1S/C11H17BrN2OS/c1-2-3-4-9(13)11(15)14-7-10-8(12)5-6-16-10/h5-6,9H,2-4,7,13H2,1H3,(H,14,15). The molecule has 3 nitrogen and oxygen atoms in total. The minimum absolute atomic E-state index is 0.0613. The van der Waals surface area contributed by atoms with Crippen molar-refractivity contribution >= 4 is 33.2 Å². The molecule has 0 aliphatic carbocycles. The summed E-state index contributed by atoms with van der Waals surface area (Å²) in [6.07, 6.45) is 2.82. The van der Waals surface area contributed by atoms with Crippen LogP contribution in [0.3, 0.4) is 0 Å². The SMILES string of the molecule is CCCCC(N)C(=O)NCc1sccc1Br. The van der Waals surface area contributed by atoms with E-state index >= 15 is 0 Å². The van der Waals surface area contributed by atoms with Crippen molar-refractivity contribution in [2.24, 2.45) is 5.73 Å². The first-order valence-electron chi connectivity index (χ1n) is 5.40. The molecule has 1 aromatic rings. The Morgan fingerprint density at radius 3 is 3.00 bits per heavy atom. The van der Waals surface area contributed by atoms with Gasteiger partial charge in [0, 0.05) is 9.35 Å². The Labute approximate surface area is 109 Å². The molecule has 0 aliphatic rings. The van der Waals surface area contributed by atoms with Gasteiger partial charge in [-0.1, -0.05) is 19.8 Å². The summed E-state index contributed by atoms with van der Waals surface area (Å²) < 4.78 is 1.04. The first-order chi connectivity index (χ1) is 7.65. The van der Waals surface area contributed by atoms with Crippen LogP contribution in [-0.2, 0) is 11.3 Å². The van der Waals surface area contributed by atoms with Gasteiger partial charge < -0.3 is 11.1 Å². The molecule has 1 amide bonds. The Morgan fingerprint density at radius 2 is 2.44 bits per heavy atom. The van der Waals surface area contributed by atoms with E-state index in [1.165, 1.54) is 0 Å². The fraction of sp³-hybridized carbons (Fsp3) is 0.545. The molecule has 0 saturated carbocycles. The third-order valence-corrected chi connectivity index (χ3v) is 4.25. The van der Waals surface area contributed by atoms with E-state index in [2.05, 4.69) is 28.2 Å². The molecule has 0 spiro atoms. The monoisotopic (exact) mass is 304 g/mol. The van der Waals surface area contributed by atoms with E-state index in [0.717, 1.165) is 28.6 Å². The quantitative estimate of drug-likeness (QED) is 0.849. The fourth-order valence-electron chi connectivity index (χ4n) is 1.30. The van der Waals surface area contributed by atoms with Gasteiger partial charge in [-0.3, -0.25) is 4.79 Å². The molecule has 1 atom stereocenters. The molecule has 0 bridgehead atoms. The second-order valence-electron chi connectivity index (χ2n) is 3.66. The number of hydrogen-bond acceptors (Lipinski definition) is 3. The smallest absolute Gasteiger partial charge is 0.237 e. The minimum atomic E-state index is -0.376. The highest BCUT2D eigenvalue weighted by Gasteiger charge is 2.12. The molecule has 0 aromatic carbocycles. The lowest BCUT2D eigenvalue weighted by Gasteiger charge is -2.11. The van der Waals surface area contributed by atoms with Gasteiger partial charge in [-0.2, -0.15) is 0 Å². The van der Waals surface area contributed by atoms with E-state index in [-0.39, 0.29) is 11.9 Å². The third-order valence-electron chi connectivity index (χ3n) is 2.32. The van der Waals surface area contributed by atoms with Gasteiger partial charge in [-0.05, 0) is 33.8 Å². The van der Waals surface area contributed by atoms with Gasteiger partial charge in [0.15, 0.2) is 0 Å². The zero-order valence-electron chi connectivity index (χ0n) is 9.33. The van der Waals surface area contributed by atoms with Crippen LogP contribution >= 0.6 is 27.3 Å². The highest BCUT2D eigenvalue weighted by molar-refractivity contribution is 9.10. The van der Waals surface area contributed by atoms with Crippen molar-refractivity contribution in [3.8, 4) is 0 Å². The normalized spacial score (nSPS) is 12.4. The molecule has 3 N–H and O–H groups in total. The second-order valence-corrected chi connectivity index (χ2v) is 5.51. The molecule has 90 valence electrons. The van der Waals surface area contributed by atoms with Crippen LogP contribution in [0.1, 0.15) is 31.1 Å². The van der Waals surface area contributed by atoms with Crippen molar-refractivity contribution in [3.05, 3.63) is 20.8 Å². The number of amides is 1. The Kier molecular flexibility index (Phi) is 6.01. The van der Waals surface area contributed by atoms with Gasteiger partial charge in [-0.15, -0.1) is 11.3 Å². The van der Waals surface area contributed by atoms with Gasteiger partial charge in [0.2, 0.25) is 5.91 Å². The number of rotatable bonds is 6. The Morgan fingerprint density at radius 1 is 1.69 bits per heavy atom. The Hall–Kier alpha value is -0.390. The number of nitrogens with two attached hydrogens (primary N) is 1. The fourth-order valence-corrected chi connectivity index (χ4v) is 2.74. The van der Waals surface area contributed by atoms with Crippen LogP contribution in [0.5, 0.6) is 0 Å². The number of hydrogen-bond donors (Lipinski definition) is 2. The van der Waals surface area contributed by atoms with E-state index in [1.807, 2.05) is 11.4 Å². The summed E-state index contributed by atoms with van der Waals surface area (Å²) in [6.45, 7) is 2.64. The van der Waals surface area contributed by atoms with Crippen LogP contribution < -0.4 is 11.1 Å². The average Bonchev–Trinajstić information content (AvgIpc) is 2.68. The molecule has 1 rings (SSSR count). The lowest BCUT2D eigenvalue weighted by atomic mass is 10.1. The predicted octanol–water partition coefficient (Wildman–Crippen LogP) is 2.64. The van der Waals surface area contributed by atoms with Crippen molar-refractivity contribution in [3.63, 3.8) is 0 Å². The maximum Gasteiger partial charge on any atom is 0.237 e.